The van der Waals surface area contributed by atoms with Crippen LogP contribution in [-0.2, 0) is 4.79 Å². The molecule has 1 aromatic rings. The minimum Gasteiger partial charge on any atom is -0.506 e. The number of nitrogens with zero attached hydrogens (tertiary/aromatic N) is 1. The van der Waals surface area contributed by atoms with E-state index < -0.39 is 17.9 Å². The number of carbonyl (C=O) groups is 2. The van der Waals surface area contributed by atoms with Gasteiger partial charge in [-0.3, -0.25) is 4.79 Å². The number of hydrogen-bond donors (Lipinski definition) is 2. The summed E-state index contributed by atoms with van der Waals surface area (Å²) in [7, 11) is 0. The molecule has 18 heavy (non-hydrogen) atoms. The van der Waals surface area contributed by atoms with Crippen LogP contribution in [0.4, 0.5) is 0 Å². The highest BCUT2D eigenvalue weighted by Crippen LogP contribution is 2.27. The second-order valence-electron chi connectivity index (χ2n) is 3.80. The maximum absolute atomic E-state index is 12.1. The van der Waals surface area contributed by atoms with E-state index in [0.29, 0.717) is 11.6 Å². The number of thioether (sulfide) groups is 1. The van der Waals surface area contributed by atoms with Crippen molar-refractivity contribution >= 4 is 35.2 Å². The molecule has 0 bridgehead atoms. The molecule has 1 saturated heterocycles. The van der Waals surface area contributed by atoms with Crippen molar-refractivity contribution in [3.05, 3.63) is 28.8 Å². The third-order valence-corrected chi connectivity index (χ3v) is 3.94. The molecular formula is C11H10ClNO4S. The van der Waals surface area contributed by atoms with Gasteiger partial charge >= 0.3 is 5.97 Å². The van der Waals surface area contributed by atoms with Crippen molar-refractivity contribution in [1.29, 1.82) is 0 Å². The Labute approximate surface area is 112 Å². The number of amides is 1. The molecule has 2 rings (SSSR count). The lowest BCUT2D eigenvalue weighted by atomic mass is 10.1. The summed E-state index contributed by atoms with van der Waals surface area (Å²) >= 11 is 7.11. The van der Waals surface area contributed by atoms with Gasteiger partial charge in [0.2, 0.25) is 0 Å². The lowest BCUT2D eigenvalue weighted by Crippen LogP contribution is -2.41. The third-order valence-electron chi connectivity index (χ3n) is 2.62. The molecule has 1 aliphatic rings. The zero-order valence-electron chi connectivity index (χ0n) is 9.17. The molecule has 1 fully saturated rings. The predicted octanol–water partition coefficient (Wildman–Crippen LogP) is 1.65. The smallest absolute Gasteiger partial charge is 0.327 e. The number of benzene rings is 1. The number of carboxylic acids is 1. The van der Waals surface area contributed by atoms with Crippen LogP contribution in [0.25, 0.3) is 0 Å². The largest absolute Gasteiger partial charge is 0.506 e. The molecule has 0 aromatic heterocycles. The van der Waals surface area contributed by atoms with Crippen LogP contribution >= 0.6 is 23.4 Å². The van der Waals surface area contributed by atoms with Crippen molar-refractivity contribution in [3.63, 3.8) is 0 Å². The maximum Gasteiger partial charge on any atom is 0.327 e. The highest BCUT2D eigenvalue weighted by Gasteiger charge is 2.35. The van der Waals surface area contributed by atoms with Crippen LogP contribution in [0.2, 0.25) is 5.02 Å². The lowest BCUT2D eigenvalue weighted by Gasteiger charge is -2.20. The predicted molar refractivity (Wildman–Crippen MR) is 68.0 cm³/mol. The fraction of sp³-hybridized carbons (Fsp3) is 0.273. The average molecular weight is 288 g/mol. The van der Waals surface area contributed by atoms with E-state index in [1.807, 2.05) is 0 Å². The molecule has 2 N–H and O–H groups in total. The Hall–Kier alpha value is -1.40. The van der Waals surface area contributed by atoms with Crippen LogP contribution in [0, 0.1) is 0 Å². The number of hydrogen-bond acceptors (Lipinski definition) is 4. The summed E-state index contributed by atoms with van der Waals surface area (Å²) in [5.41, 5.74) is 0.270. The van der Waals surface area contributed by atoms with E-state index in [4.69, 9.17) is 16.7 Å². The van der Waals surface area contributed by atoms with E-state index in [1.54, 1.807) is 0 Å². The van der Waals surface area contributed by atoms with Gasteiger partial charge in [0, 0.05) is 11.3 Å². The van der Waals surface area contributed by atoms with Crippen molar-refractivity contribution < 1.29 is 19.8 Å². The molecule has 96 valence electrons. The Bertz CT molecular complexity index is 508. The Balaban J connectivity index is 2.25. The van der Waals surface area contributed by atoms with E-state index in [0.717, 1.165) is 0 Å². The topological polar surface area (TPSA) is 77.8 Å². The van der Waals surface area contributed by atoms with E-state index in [2.05, 4.69) is 0 Å². The number of phenolic OH excluding ortho intramolecular Hbond substituents is 1. The first-order chi connectivity index (χ1) is 8.50. The molecule has 1 heterocycles. The second-order valence-corrected chi connectivity index (χ2v) is 5.20. The Kier molecular flexibility index (Phi) is 3.68. The number of carbonyl (C=O) groups excluding carboxylic acids is 1. The van der Waals surface area contributed by atoms with Gasteiger partial charge in [-0.1, -0.05) is 11.6 Å². The van der Waals surface area contributed by atoms with Gasteiger partial charge in [-0.15, -0.1) is 11.8 Å². The van der Waals surface area contributed by atoms with Crippen molar-refractivity contribution in [3.8, 4) is 5.75 Å². The van der Waals surface area contributed by atoms with Gasteiger partial charge in [0.05, 0.1) is 10.9 Å². The van der Waals surface area contributed by atoms with Gasteiger partial charge in [0.15, 0.2) is 0 Å². The molecule has 1 atom stereocenters. The van der Waals surface area contributed by atoms with Gasteiger partial charge < -0.3 is 15.1 Å². The highest BCUT2D eigenvalue weighted by molar-refractivity contribution is 7.99. The molecule has 5 nitrogen and oxygen atoms in total. The van der Waals surface area contributed by atoms with E-state index in [-0.39, 0.29) is 16.3 Å². The van der Waals surface area contributed by atoms with Gasteiger partial charge in [0.25, 0.3) is 5.91 Å². The van der Waals surface area contributed by atoms with Gasteiger partial charge in [-0.2, -0.15) is 0 Å². The van der Waals surface area contributed by atoms with Crippen LogP contribution in [0.5, 0.6) is 5.75 Å². The van der Waals surface area contributed by atoms with Gasteiger partial charge in [0.1, 0.15) is 11.8 Å². The average Bonchev–Trinajstić information content (AvgIpc) is 2.81. The fourth-order valence-electron chi connectivity index (χ4n) is 1.65. The van der Waals surface area contributed by atoms with Crippen molar-refractivity contribution in [1.82, 2.24) is 4.90 Å². The highest BCUT2D eigenvalue weighted by atomic mass is 35.5. The van der Waals surface area contributed by atoms with E-state index in [1.165, 1.54) is 34.9 Å². The third kappa shape index (κ3) is 2.39. The van der Waals surface area contributed by atoms with Crippen molar-refractivity contribution in [2.45, 2.75) is 6.04 Å². The second kappa shape index (κ2) is 5.07. The molecule has 7 heteroatoms. The quantitative estimate of drug-likeness (QED) is 0.865. The molecule has 0 aliphatic carbocycles. The molecule has 0 spiro atoms. The summed E-state index contributed by atoms with van der Waals surface area (Å²) in [6.07, 6.45) is 0. The zero-order valence-corrected chi connectivity index (χ0v) is 10.7. The number of halogens is 1. The van der Waals surface area contributed by atoms with Gasteiger partial charge in [-0.05, 0) is 18.2 Å². The summed E-state index contributed by atoms with van der Waals surface area (Å²) in [6.45, 7) is 0. The first kappa shape index (κ1) is 13.0. The number of aliphatic carboxylic acids is 1. The number of aromatic hydroxyl groups is 1. The van der Waals surface area contributed by atoms with Crippen molar-refractivity contribution in [2.24, 2.45) is 0 Å². The number of carboxylic acid groups (broad SMARTS) is 1. The van der Waals surface area contributed by atoms with Crippen LogP contribution in [0.1, 0.15) is 10.4 Å². The molecular weight excluding hydrogens is 278 g/mol. The standard InChI is InChI=1S/C11H10ClNO4S/c12-7-3-6(1-2-9(7)14)10(15)13-5-18-4-8(13)11(16)17/h1-3,8,14H,4-5H2,(H,16,17). The zero-order chi connectivity index (χ0) is 13.3. The molecule has 1 amide bonds. The number of rotatable bonds is 2. The van der Waals surface area contributed by atoms with Crippen LogP contribution in [0.15, 0.2) is 18.2 Å². The summed E-state index contributed by atoms with van der Waals surface area (Å²) < 4.78 is 0. The molecule has 1 aromatic carbocycles. The summed E-state index contributed by atoms with van der Waals surface area (Å²) in [5.74, 6) is -0.799. The first-order valence-corrected chi connectivity index (χ1v) is 6.64. The minimum absolute atomic E-state index is 0.0691. The minimum atomic E-state index is -1.02. The fourth-order valence-corrected chi connectivity index (χ4v) is 2.98. The Morgan fingerprint density at radius 2 is 2.17 bits per heavy atom. The molecule has 1 aliphatic heterocycles. The SMILES string of the molecule is O=C(O)C1CSCN1C(=O)c1ccc(O)c(Cl)c1. The summed E-state index contributed by atoms with van der Waals surface area (Å²) in [6, 6.07) is 3.26. The summed E-state index contributed by atoms with van der Waals surface area (Å²) in [5, 5.41) is 18.3. The lowest BCUT2D eigenvalue weighted by molar-refractivity contribution is -0.140. The Morgan fingerprint density at radius 1 is 1.44 bits per heavy atom. The normalized spacial score (nSPS) is 18.9. The summed E-state index contributed by atoms with van der Waals surface area (Å²) in [4.78, 5) is 24.4. The van der Waals surface area contributed by atoms with Gasteiger partial charge in [-0.25, -0.2) is 4.79 Å². The monoisotopic (exact) mass is 287 g/mol. The van der Waals surface area contributed by atoms with Crippen LogP contribution < -0.4 is 0 Å². The van der Waals surface area contributed by atoms with Crippen LogP contribution in [0.3, 0.4) is 0 Å². The van der Waals surface area contributed by atoms with E-state index in [9.17, 15) is 14.7 Å². The van der Waals surface area contributed by atoms with Crippen LogP contribution in [-0.4, -0.2) is 44.7 Å². The van der Waals surface area contributed by atoms with E-state index >= 15 is 0 Å². The maximum atomic E-state index is 12.1. The van der Waals surface area contributed by atoms with Crippen molar-refractivity contribution in [2.75, 3.05) is 11.6 Å². The molecule has 1 unspecified atom stereocenters. The Morgan fingerprint density at radius 3 is 2.78 bits per heavy atom. The number of phenols is 1. The molecule has 0 radical (unpaired) electrons. The molecule has 0 saturated carbocycles. The first-order valence-electron chi connectivity index (χ1n) is 5.10.